The van der Waals surface area contributed by atoms with Crippen molar-refractivity contribution < 1.29 is 4.79 Å². The van der Waals surface area contributed by atoms with Gasteiger partial charge >= 0.3 is 0 Å². The van der Waals surface area contributed by atoms with Gasteiger partial charge in [0.05, 0.1) is 10.3 Å². The fraction of sp³-hybridized carbons (Fsp3) is 0.321. The summed E-state index contributed by atoms with van der Waals surface area (Å²) in [7, 11) is 0. The van der Waals surface area contributed by atoms with E-state index in [-0.39, 0.29) is 5.91 Å². The number of hydrogen-bond donors (Lipinski definition) is 2. The van der Waals surface area contributed by atoms with Crippen molar-refractivity contribution in [2.24, 2.45) is 17.8 Å². The molecular formula is C28H30N4OS. The van der Waals surface area contributed by atoms with E-state index in [1.807, 2.05) is 43.3 Å². The molecule has 4 aromatic rings. The van der Waals surface area contributed by atoms with E-state index in [9.17, 15) is 4.79 Å². The maximum Gasteiger partial charge on any atom is 0.266 e. The minimum atomic E-state index is -0.114. The Balaban J connectivity index is 1.32. The highest BCUT2D eigenvalue weighted by molar-refractivity contribution is 7.20. The SMILES string of the molecule is Cc1c(C(=O)Nc2ccc3ccccc3c2)sc2ncnc(NCC(C)CC3C=CC(C)C3)c12. The van der Waals surface area contributed by atoms with Gasteiger partial charge in [-0.3, -0.25) is 4.79 Å². The quantitative estimate of drug-likeness (QED) is 0.284. The number of nitrogens with one attached hydrogen (secondary N) is 2. The first-order valence-corrected chi connectivity index (χ1v) is 12.8. The van der Waals surface area contributed by atoms with Crippen molar-refractivity contribution in [3.8, 4) is 0 Å². The van der Waals surface area contributed by atoms with Crippen LogP contribution in [0.3, 0.4) is 0 Å². The van der Waals surface area contributed by atoms with Crippen LogP contribution in [-0.2, 0) is 0 Å². The Kier molecular flexibility index (Phi) is 6.33. The Labute approximate surface area is 204 Å². The second-order valence-corrected chi connectivity index (χ2v) is 10.6. The number of fused-ring (bicyclic) bond motifs is 2. The molecule has 0 spiro atoms. The third-order valence-electron chi connectivity index (χ3n) is 6.65. The van der Waals surface area contributed by atoms with Crippen LogP contribution in [0.1, 0.15) is 41.9 Å². The minimum absolute atomic E-state index is 0.114. The molecule has 5 nitrogen and oxygen atoms in total. The van der Waals surface area contributed by atoms with E-state index >= 15 is 0 Å². The summed E-state index contributed by atoms with van der Waals surface area (Å²) >= 11 is 1.42. The highest BCUT2D eigenvalue weighted by Gasteiger charge is 2.21. The molecule has 0 aliphatic heterocycles. The Morgan fingerprint density at radius 3 is 2.76 bits per heavy atom. The summed E-state index contributed by atoms with van der Waals surface area (Å²) in [6, 6.07) is 14.1. The van der Waals surface area contributed by atoms with Crippen LogP contribution in [0.5, 0.6) is 0 Å². The Bertz CT molecular complexity index is 1380. The number of aromatic nitrogens is 2. The van der Waals surface area contributed by atoms with Crippen LogP contribution < -0.4 is 10.6 Å². The third kappa shape index (κ3) is 4.68. The molecule has 0 bridgehead atoms. The molecule has 34 heavy (non-hydrogen) atoms. The third-order valence-corrected chi connectivity index (χ3v) is 7.85. The van der Waals surface area contributed by atoms with E-state index in [4.69, 9.17) is 0 Å². The predicted octanol–water partition coefficient (Wildman–Crippen LogP) is 7.06. The van der Waals surface area contributed by atoms with E-state index in [0.717, 1.165) is 44.6 Å². The van der Waals surface area contributed by atoms with Gasteiger partial charge in [0.1, 0.15) is 17.0 Å². The lowest BCUT2D eigenvalue weighted by atomic mass is 9.93. The summed E-state index contributed by atoms with van der Waals surface area (Å²) in [5.74, 6) is 2.59. The van der Waals surface area contributed by atoms with Gasteiger partial charge in [-0.15, -0.1) is 11.3 Å². The average Bonchev–Trinajstić information content (AvgIpc) is 3.40. The molecular weight excluding hydrogens is 440 g/mol. The molecule has 2 N–H and O–H groups in total. The van der Waals surface area contributed by atoms with Gasteiger partial charge in [0.2, 0.25) is 0 Å². The molecule has 1 amide bonds. The number of nitrogens with zero attached hydrogens (tertiary/aromatic N) is 2. The minimum Gasteiger partial charge on any atom is -0.369 e. The first-order chi connectivity index (χ1) is 16.5. The van der Waals surface area contributed by atoms with Crippen molar-refractivity contribution in [1.82, 2.24) is 9.97 Å². The van der Waals surface area contributed by atoms with Crippen molar-refractivity contribution in [3.63, 3.8) is 0 Å². The van der Waals surface area contributed by atoms with E-state index in [1.54, 1.807) is 6.33 Å². The van der Waals surface area contributed by atoms with Crippen LogP contribution in [0, 0.1) is 24.7 Å². The summed E-state index contributed by atoms with van der Waals surface area (Å²) in [5.41, 5.74) is 1.70. The van der Waals surface area contributed by atoms with E-state index in [2.05, 4.69) is 52.7 Å². The Morgan fingerprint density at radius 2 is 1.97 bits per heavy atom. The van der Waals surface area contributed by atoms with Gasteiger partial charge in [0.25, 0.3) is 5.91 Å². The molecule has 3 unspecified atom stereocenters. The molecule has 2 aromatic carbocycles. The highest BCUT2D eigenvalue weighted by Crippen LogP contribution is 2.34. The van der Waals surface area contributed by atoms with Gasteiger partial charge in [-0.05, 0) is 66.0 Å². The number of anilines is 2. The van der Waals surface area contributed by atoms with Gasteiger partial charge < -0.3 is 10.6 Å². The standard InChI is InChI=1S/C28H30N4OS/c1-17-8-9-20(12-17)13-18(2)15-29-26-24-19(3)25(34-28(24)31-16-30-26)27(33)32-23-11-10-21-6-4-5-7-22(21)14-23/h4-11,14,16-18,20H,12-13,15H2,1-3H3,(H,32,33)(H,29,30,31). The van der Waals surface area contributed by atoms with Crippen LogP contribution in [0.25, 0.3) is 21.0 Å². The number of carbonyl (C=O) groups excluding carboxylic acids is 1. The largest absolute Gasteiger partial charge is 0.369 e. The van der Waals surface area contributed by atoms with Gasteiger partial charge in [-0.1, -0.05) is 56.3 Å². The number of amides is 1. The Morgan fingerprint density at radius 1 is 1.15 bits per heavy atom. The summed E-state index contributed by atoms with van der Waals surface area (Å²) < 4.78 is 0. The summed E-state index contributed by atoms with van der Waals surface area (Å²) in [4.78, 5) is 23.6. The molecule has 0 fully saturated rings. The van der Waals surface area contributed by atoms with Crippen LogP contribution >= 0.6 is 11.3 Å². The van der Waals surface area contributed by atoms with Crippen LogP contribution in [0.15, 0.2) is 60.9 Å². The molecule has 0 saturated heterocycles. The van der Waals surface area contributed by atoms with Crippen molar-refractivity contribution in [2.75, 3.05) is 17.2 Å². The fourth-order valence-electron chi connectivity index (χ4n) is 4.90. The molecule has 6 heteroatoms. The number of allylic oxidation sites excluding steroid dienone is 2. The number of thiophene rings is 1. The predicted molar refractivity (Wildman–Crippen MR) is 143 cm³/mol. The number of hydrogen-bond acceptors (Lipinski definition) is 5. The first kappa shape index (κ1) is 22.5. The molecule has 3 atom stereocenters. The molecule has 1 aliphatic rings. The summed E-state index contributed by atoms with van der Waals surface area (Å²) in [5, 5.41) is 9.79. The monoisotopic (exact) mass is 470 g/mol. The molecule has 0 radical (unpaired) electrons. The molecule has 2 aromatic heterocycles. The van der Waals surface area contributed by atoms with Crippen LogP contribution in [0.4, 0.5) is 11.5 Å². The zero-order valence-electron chi connectivity index (χ0n) is 19.8. The number of rotatable bonds is 7. The highest BCUT2D eigenvalue weighted by atomic mass is 32.1. The Hall–Kier alpha value is -3.25. The van der Waals surface area contributed by atoms with Crippen molar-refractivity contribution in [3.05, 3.63) is 71.4 Å². The normalized spacial score (nSPS) is 18.4. The summed E-state index contributed by atoms with van der Waals surface area (Å²) in [6.07, 6.45) is 8.70. The molecule has 174 valence electrons. The van der Waals surface area contributed by atoms with Gasteiger partial charge in [0, 0.05) is 12.2 Å². The maximum absolute atomic E-state index is 13.2. The average molecular weight is 471 g/mol. The van der Waals surface area contributed by atoms with E-state index in [1.165, 1.54) is 24.2 Å². The molecule has 0 saturated carbocycles. The number of aryl methyl sites for hydroxylation is 1. The van der Waals surface area contributed by atoms with Crippen LogP contribution in [0.2, 0.25) is 0 Å². The maximum atomic E-state index is 13.2. The van der Waals surface area contributed by atoms with E-state index < -0.39 is 0 Å². The van der Waals surface area contributed by atoms with E-state index in [0.29, 0.717) is 22.6 Å². The van der Waals surface area contributed by atoms with Gasteiger partial charge in [-0.2, -0.15) is 0 Å². The lowest BCUT2D eigenvalue weighted by molar-refractivity contribution is 0.103. The summed E-state index contributed by atoms with van der Waals surface area (Å²) in [6.45, 7) is 7.39. The molecule has 5 rings (SSSR count). The van der Waals surface area contributed by atoms with Crippen molar-refractivity contribution in [2.45, 2.75) is 33.6 Å². The van der Waals surface area contributed by atoms with Gasteiger partial charge in [0.15, 0.2) is 0 Å². The first-order valence-electron chi connectivity index (χ1n) is 11.9. The smallest absolute Gasteiger partial charge is 0.266 e. The van der Waals surface area contributed by atoms with Gasteiger partial charge in [-0.25, -0.2) is 9.97 Å². The van der Waals surface area contributed by atoms with Crippen LogP contribution in [-0.4, -0.2) is 22.4 Å². The molecule has 1 aliphatic carbocycles. The lowest BCUT2D eigenvalue weighted by Gasteiger charge is -2.17. The van der Waals surface area contributed by atoms with Crippen molar-refractivity contribution >= 4 is 49.7 Å². The second kappa shape index (κ2) is 9.55. The number of benzene rings is 2. The zero-order chi connectivity index (χ0) is 23.7. The van der Waals surface area contributed by atoms with Crippen molar-refractivity contribution in [1.29, 1.82) is 0 Å². The topological polar surface area (TPSA) is 66.9 Å². The lowest BCUT2D eigenvalue weighted by Crippen LogP contribution is -2.15. The fourth-order valence-corrected chi connectivity index (χ4v) is 5.95. The zero-order valence-corrected chi connectivity index (χ0v) is 20.7. The number of carbonyl (C=O) groups is 1. The molecule has 2 heterocycles. The second-order valence-electron chi connectivity index (χ2n) is 9.55.